The summed E-state index contributed by atoms with van der Waals surface area (Å²) in [6, 6.07) is 20.5. The van der Waals surface area contributed by atoms with E-state index in [0.29, 0.717) is 12.6 Å². The summed E-state index contributed by atoms with van der Waals surface area (Å²) < 4.78 is 0. The summed E-state index contributed by atoms with van der Waals surface area (Å²) in [5.41, 5.74) is 14.8. The molecule has 1 heterocycles. The molecule has 0 bridgehead atoms. The smallest absolute Gasteiger partial charge is 0.220 e. The van der Waals surface area contributed by atoms with Crippen molar-refractivity contribution in [3.63, 3.8) is 0 Å². The molecule has 2 aromatic carbocycles. The van der Waals surface area contributed by atoms with Crippen molar-refractivity contribution in [2.75, 3.05) is 11.6 Å². The highest BCUT2D eigenvalue weighted by Gasteiger charge is 2.15. The molecule has 0 saturated heterocycles. The first-order chi connectivity index (χ1) is 12.7. The SMILES string of the molecule is N#CC(CCCc1cccc(N2CN=C(N)N=C2N)c1)c1ccccc1. The lowest BCUT2D eigenvalue weighted by atomic mass is 9.94. The summed E-state index contributed by atoms with van der Waals surface area (Å²) in [5, 5.41) is 9.44. The Balaban J connectivity index is 1.61. The molecule has 0 fully saturated rings. The Hall–Kier alpha value is -3.33. The quantitative estimate of drug-likeness (QED) is 0.839. The van der Waals surface area contributed by atoms with Crippen molar-refractivity contribution < 1.29 is 0 Å². The van der Waals surface area contributed by atoms with E-state index in [0.717, 1.165) is 30.5 Å². The Morgan fingerprint density at radius 3 is 2.65 bits per heavy atom. The van der Waals surface area contributed by atoms with Crippen LogP contribution in [-0.4, -0.2) is 18.6 Å². The molecule has 0 spiro atoms. The van der Waals surface area contributed by atoms with Crippen LogP contribution in [-0.2, 0) is 6.42 Å². The Kier molecular flexibility index (Phi) is 5.49. The zero-order valence-corrected chi connectivity index (χ0v) is 14.5. The van der Waals surface area contributed by atoms with Gasteiger partial charge in [-0.2, -0.15) is 10.3 Å². The summed E-state index contributed by atoms with van der Waals surface area (Å²) in [4.78, 5) is 9.95. The third-order valence-electron chi connectivity index (χ3n) is 4.42. The molecule has 0 amide bonds. The number of hydrogen-bond donors (Lipinski definition) is 2. The highest BCUT2D eigenvalue weighted by molar-refractivity contribution is 6.04. The second-order valence-electron chi connectivity index (χ2n) is 6.21. The minimum atomic E-state index is -0.0680. The van der Waals surface area contributed by atoms with Crippen LogP contribution in [0.15, 0.2) is 64.6 Å². The topological polar surface area (TPSA) is 104 Å². The van der Waals surface area contributed by atoms with Gasteiger partial charge >= 0.3 is 0 Å². The van der Waals surface area contributed by atoms with Crippen molar-refractivity contribution in [3.05, 3.63) is 65.7 Å². The lowest BCUT2D eigenvalue weighted by Crippen LogP contribution is -2.42. The minimum Gasteiger partial charge on any atom is -0.369 e. The normalized spacial score (nSPS) is 15.0. The van der Waals surface area contributed by atoms with Crippen molar-refractivity contribution in [2.45, 2.75) is 25.2 Å². The fourth-order valence-electron chi connectivity index (χ4n) is 3.02. The number of hydrogen-bond acceptors (Lipinski definition) is 6. The first-order valence-corrected chi connectivity index (χ1v) is 8.62. The highest BCUT2D eigenvalue weighted by atomic mass is 15.4. The van der Waals surface area contributed by atoms with Gasteiger partial charge in [0, 0.05) is 5.69 Å². The third-order valence-corrected chi connectivity index (χ3v) is 4.42. The number of guanidine groups is 2. The molecule has 3 rings (SSSR count). The molecular weight excluding hydrogens is 324 g/mol. The Morgan fingerprint density at radius 2 is 1.92 bits per heavy atom. The van der Waals surface area contributed by atoms with E-state index in [9.17, 15) is 5.26 Å². The first-order valence-electron chi connectivity index (χ1n) is 8.62. The summed E-state index contributed by atoms with van der Waals surface area (Å²) in [6.07, 6.45) is 2.67. The number of anilines is 1. The summed E-state index contributed by atoms with van der Waals surface area (Å²) in [6.45, 7) is 0.370. The van der Waals surface area contributed by atoms with E-state index in [1.54, 1.807) is 0 Å². The summed E-state index contributed by atoms with van der Waals surface area (Å²) >= 11 is 0. The molecule has 1 unspecified atom stereocenters. The van der Waals surface area contributed by atoms with Gasteiger partial charge in [0.25, 0.3) is 0 Å². The molecule has 1 aliphatic heterocycles. The van der Waals surface area contributed by atoms with Crippen LogP contribution in [0.25, 0.3) is 0 Å². The van der Waals surface area contributed by atoms with Gasteiger partial charge in [0.15, 0.2) is 0 Å². The predicted molar refractivity (Wildman–Crippen MR) is 105 cm³/mol. The average Bonchev–Trinajstić information content (AvgIpc) is 2.66. The molecule has 6 heteroatoms. The summed E-state index contributed by atoms with van der Waals surface area (Å²) in [7, 11) is 0. The molecule has 2 aromatic rings. The van der Waals surface area contributed by atoms with E-state index in [1.165, 1.54) is 5.56 Å². The molecule has 6 nitrogen and oxygen atoms in total. The number of nitriles is 1. The highest BCUT2D eigenvalue weighted by Crippen LogP contribution is 2.23. The first kappa shape index (κ1) is 17.5. The largest absolute Gasteiger partial charge is 0.369 e. The van der Waals surface area contributed by atoms with Crippen molar-refractivity contribution >= 4 is 17.6 Å². The molecule has 0 aliphatic carbocycles. The zero-order chi connectivity index (χ0) is 18.4. The second kappa shape index (κ2) is 8.17. The zero-order valence-electron chi connectivity index (χ0n) is 14.5. The van der Waals surface area contributed by atoms with Gasteiger partial charge in [0.05, 0.1) is 12.0 Å². The van der Waals surface area contributed by atoms with Gasteiger partial charge < -0.3 is 11.5 Å². The van der Waals surface area contributed by atoms with E-state index in [-0.39, 0.29) is 11.9 Å². The number of aryl methyl sites for hydroxylation is 1. The van der Waals surface area contributed by atoms with E-state index >= 15 is 0 Å². The van der Waals surface area contributed by atoms with Crippen LogP contribution in [0.3, 0.4) is 0 Å². The van der Waals surface area contributed by atoms with Crippen molar-refractivity contribution in [2.24, 2.45) is 21.5 Å². The number of nitrogens with zero attached hydrogens (tertiary/aromatic N) is 4. The van der Waals surface area contributed by atoms with Gasteiger partial charge in [-0.15, -0.1) is 0 Å². The molecule has 132 valence electrons. The van der Waals surface area contributed by atoms with Gasteiger partial charge in [-0.3, -0.25) is 4.90 Å². The maximum absolute atomic E-state index is 9.44. The van der Waals surface area contributed by atoms with Crippen LogP contribution in [0.2, 0.25) is 0 Å². The van der Waals surface area contributed by atoms with Crippen LogP contribution < -0.4 is 16.4 Å². The maximum Gasteiger partial charge on any atom is 0.220 e. The molecule has 0 radical (unpaired) electrons. The molecular formula is C20H22N6. The van der Waals surface area contributed by atoms with Crippen LogP contribution in [0.5, 0.6) is 0 Å². The number of benzene rings is 2. The Bertz CT molecular complexity index is 850. The van der Waals surface area contributed by atoms with Crippen molar-refractivity contribution in [1.29, 1.82) is 5.26 Å². The molecule has 0 aromatic heterocycles. The van der Waals surface area contributed by atoms with Crippen molar-refractivity contribution in [1.82, 2.24) is 0 Å². The monoisotopic (exact) mass is 346 g/mol. The molecule has 1 aliphatic rings. The van der Waals surface area contributed by atoms with Gasteiger partial charge in [0.1, 0.15) is 6.67 Å². The second-order valence-corrected chi connectivity index (χ2v) is 6.21. The molecule has 1 atom stereocenters. The molecule has 26 heavy (non-hydrogen) atoms. The van der Waals surface area contributed by atoms with E-state index < -0.39 is 0 Å². The van der Waals surface area contributed by atoms with E-state index in [2.05, 4.69) is 28.2 Å². The van der Waals surface area contributed by atoms with Crippen LogP contribution in [0, 0.1) is 11.3 Å². The molecule has 4 N–H and O–H groups in total. The van der Waals surface area contributed by atoms with Gasteiger partial charge in [-0.25, -0.2) is 4.99 Å². The van der Waals surface area contributed by atoms with E-state index in [4.69, 9.17) is 11.5 Å². The lowest BCUT2D eigenvalue weighted by Gasteiger charge is -2.24. The lowest BCUT2D eigenvalue weighted by molar-refractivity contribution is 0.683. The van der Waals surface area contributed by atoms with E-state index in [1.807, 2.05) is 47.4 Å². The predicted octanol–water partition coefficient (Wildman–Crippen LogP) is 2.72. The number of nitrogens with two attached hydrogens (primary N) is 2. The van der Waals surface area contributed by atoms with Crippen LogP contribution in [0.4, 0.5) is 5.69 Å². The van der Waals surface area contributed by atoms with Gasteiger partial charge in [-0.05, 0) is 42.5 Å². The molecule has 0 saturated carbocycles. The Morgan fingerprint density at radius 1 is 1.12 bits per heavy atom. The van der Waals surface area contributed by atoms with Gasteiger partial charge in [-0.1, -0.05) is 42.5 Å². The minimum absolute atomic E-state index is 0.0680. The van der Waals surface area contributed by atoms with Gasteiger partial charge in [0.2, 0.25) is 11.9 Å². The fourth-order valence-corrected chi connectivity index (χ4v) is 3.02. The van der Waals surface area contributed by atoms with Crippen LogP contribution in [0.1, 0.15) is 29.9 Å². The summed E-state index contributed by atoms with van der Waals surface area (Å²) in [5.74, 6) is 0.489. The van der Waals surface area contributed by atoms with Crippen molar-refractivity contribution in [3.8, 4) is 6.07 Å². The standard InChI is InChI=1S/C20H22N6/c21-13-17(16-8-2-1-3-9-16)10-4-6-15-7-5-11-18(12-15)26-14-24-19(22)25-20(26)23/h1-3,5,7-9,11-12,17H,4,6,10,14H2,(H4,22,23,24,25). The Labute approximate surface area is 153 Å². The third kappa shape index (κ3) is 4.19. The number of rotatable bonds is 6. The van der Waals surface area contributed by atoms with Crippen LogP contribution >= 0.6 is 0 Å². The number of aliphatic imine (C=N–C) groups is 2. The average molecular weight is 346 g/mol. The maximum atomic E-state index is 9.44. The fraction of sp³-hybridized carbons (Fsp3) is 0.250.